The Morgan fingerprint density at radius 3 is 2.95 bits per heavy atom. The van der Waals surface area contributed by atoms with Crippen LogP contribution in [0.15, 0.2) is 40.0 Å². The lowest BCUT2D eigenvalue weighted by Gasteiger charge is -2.00. The van der Waals surface area contributed by atoms with Crippen molar-refractivity contribution in [2.24, 2.45) is 5.16 Å². The van der Waals surface area contributed by atoms with Gasteiger partial charge in [0.25, 0.3) is 5.89 Å². The fourth-order valence-corrected chi connectivity index (χ4v) is 2.00. The summed E-state index contributed by atoms with van der Waals surface area (Å²) in [6.07, 6.45) is 0.962. The number of rotatable bonds is 5. The molecule has 0 bridgehead atoms. The molecule has 2 aromatic rings. The van der Waals surface area contributed by atoms with Crippen LogP contribution in [-0.2, 0) is 16.0 Å². The van der Waals surface area contributed by atoms with Gasteiger partial charge in [-0.05, 0) is 5.56 Å². The zero-order valence-electron chi connectivity index (χ0n) is 11.2. The maximum atomic E-state index is 5.38. The van der Waals surface area contributed by atoms with E-state index in [1.807, 2.05) is 30.3 Å². The van der Waals surface area contributed by atoms with Crippen LogP contribution in [0, 0.1) is 0 Å². The van der Waals surface area contributed by atoms with Crippen LogP contribution in [-0.4, -0.2) is 29.6 Å². The molecule has 0 spiro atoms. The van der Waals surface area contributed by atoms with E-state index >= 15 is 0 Å². The molecule has 0 unspecified atom stereocenters. The van der Waals surface area contributed by atoms with Gasteiger partial charge in [0, 0.05) is 20.0 Å². The van der Waals surface area contributed by atoms with Gasteiger partial charge in [0.1, 0.15) is 0 Å². The van der Waals surface area contributed by atoms with E-state index in [1.165, 1.54) is 0 Å². The summed E-state index contributed by atoms with van der Waals surface area (Å²) in [5.74, 6) is 1.09. The summed E-state index contributed by atoms with van der Waals surface area (Å²) in [5.41, 5.74) is 1.95. The molecule has 6 nitrogen and oxygen atoms in total. The van der Waals surface area contributed by atoms with Crippen molar-refractivity contribution >= 4 is 5.71 Å². The first-order chi connectivity index (χ1) is 9.86. The molecule has 0 amide bonds. The molecule has 0 saturated heterocycles. The third-order valence-corrected chi connectivity index (χ3v) is 3.06. The Bertz CT molecular complexity index is 595. The summed E-state index contributed by atoms with van der Waals surface area (Å²) in [5, 5.41) is 8.00. The van der Waals surface area contributed by atoms with E-state index < -0.39 is 0 Å². The average Bonchev–Trinajstić information content (AvgIpc) is 3.15. The summed E-state index contributed by atoms with van der Waals surface area (Å²) >= 11 is 0. The topological polar surface area (TPSA) is 69.7 Å². The van der Waals surface area contributed by atoms with E-state index in [-0.39, 0.29) is 6.10 Å². The number of hydrogen-bond acceptors (Lipinski definition) is 6. The van der Waals surface area contributed by atoms with E-state index in [0.29, 0.717) is 31.2 Å². The quantitative estimate of drug-likeness (QED) is 0.834. The Morgan fingerprint density at radius 1 is 1.30 bits per heavy atom. The Hall–Kier alpha value is -2.21. The van der Waals surface area contributed by atoms with Crippen molar-refractivity contribution in [2.75, 3.05) is 13.7 Å². The Morgan fingerprint density at radius 2 is 2.15 bits per heavy atom. The maximum absolute atomic E-state index is 5.38. The molecule has 1 aliphatic heterocycles. The first kappa shape index (κ1) is 12.8. The van der Waals surface area contributed by atoms with Gasteiger partial charge in [0.2, 0.25) is 6.10 Å². The first-order valence-electron chi connectivity index (χ1n) is 6.46. The van der Waals surface area contributed by atoms with Gasteiger partial charge in [0.15, 0.2) is 5.82 Å². The zero-order chi connectivity index (χ0) is 13.8. The van der Waals surface area contributed by atoms with Crippen molar-refractivity contribution in [2.45, 2.75) is 18.9 Å². The Balaban J connectivity index is 1.65. The van der Waals surface area contributed by atoms with E-state index in [4.69, 9.17) is 14.1 Å². The van der Waals surface area contributed by atoms with E-state index in [0.717, 1.165) is 11.3 Å². The molecular weight excluding hydrogens is 258 g/mol. The standard InChI is InChI=1S/C14H15N3O3/c1-18-8-7-13-15-14(20-17-13)12-9-11(16-19-12)10-5-3-2-4-6-10/h2-6,12H,7-9H2,1H3/t12-/m1/s1. The van der Waals surface area contributed by atoms with Crippen molar-refractivity contribution in [3.8, 4) is 0 Å². The van der Waals surface area contributed by atoms with Crippen LogP contribution >= 0.6 is 0 Å². The molecular formula is C14H15N3O3. The summed E-state index contributed by atoms with van der Waals surface area (Å²) < 4.78 is 10.2. The molecule has 104 valence electrons. The minimum absolute atomic E-state index is 0.297. The molecule has 1 aromatic carbocycles. The molecule has 1 aliphatic rings. The predicted molar refractivity (Wildman–Crippen MR) is 71.3 cm³/mol. The molecule has 0 N–H and O–H groups in total. The largest absolute Gasteiger partial charge is 0.384 e. The minimum Gasteiger partial charge on any atom is -0.384 e. The van der Waals surface area contributed by atoms with Crippen molar-refractivity contribution in [1.29, 1.82) is 0 Å². The van der Waals surface area contributed by atoms with Crippen LogP contribution in [0.2, 0.25) is 0 Å². The number of nitrogens with zero attached hydrogens (tertiary/aromatic N) is 3. The van der Waals surface area contributed by atoms with Crippen LogP contribution < -0.4 is 0 Å². The predicted octanol–water partition coefficient (Wildman–Crippen LogP) is 2.12. The molecule has 2 heterocycles. The second-order valence-electron chi connectivity index (χ2n) is 4.49. The Labute approximate surface area is 116 Å². The average molecular weight is 273 g/mol. The van der Waals surface area contributed by atoms with Crippen molar-refractivity contribution in [1.82, 2.24) is 10.1 Å². The molecule has 0 radical (unpaired) electrons. The van der Waals surface area contributed by atoms with E-state index in [2.05, 4.69) is 15.3 Å². The van der Waals surface area contributed by atoms with Gasteiger partial charge in [0.05, 0.1) is 12.3 Å². The van der Waals surface area contributed by atoms with Gasteiger partial charge in [-0.2, -0.15) is 4.98 Å². The third kappa shape index (κ3) is 2.70. The molecule has 20 heavy (non-hydrogen) atoms. The SMILES string of the molecule is COCCc1noc([C@H]2CC(c3ccccc3)=NO2)n1. The highest BCUT2D eigenvalue weighted by Gasteiger charge is 2.28. The molecule has 0 aliphatic carbocycles. The smallest absolute Gasteiger partial charge is 0.270 e. The summed E-state index contributed by atoms with van der Waals surface area (Å²) in [7, 11) is 1.64. The lowest BCUT2D eigenvalue weighted by atomic mass is 10.1. The number of oxime groups is 1. The molecule has 0 fully saturated rings. The number of aromatic nitrogens is 2. The van der Waals surface area contributed by atoms with Crippen molar-refractivity contribution in [3.63, 3.8) is 0 Å². The van der Waals surface area contributed by atoms with Gasteiger partial charge in [-0.1, -0.05) is 40.6 Å². The summed E-state index contributed by atoms with van der Waals surface area (Å²) in [6.45, 7) is 0.566. The lowest BCUT2D eigenvalue weighted by Crippen LogP contribution is -2.02. The fourth-order valence-electron chi connectivity index (χ4n) is 2.00. The highest BCUT2D eigenvalue weighted by molar-refractivity contribution is 6.01. The number of methoxy groups -OCH3 is 1. The van der Waals surface area contributed by atoms with Crippen LogP contribution in [0.1, 0.15) is 29.8 Å². The minimum atomic E-state index is -0.297. The molecule has 0 saturated carbocycles. The normalized spacial score (nSPS) is 17.9. The molecule has 1 atom stereocenters. The molecule has 1 aromatic heterocycles. The lowest BCUT2D eigenvalue weighted by molar-refractivity contribution is 0.0599. The van der Waals surface area contributed by atoms with Crippen molar-refractivity contribution in [3.05, 3.63) is 47.6 Å². The number of benzene rings is 1. The molecule has 6 heteroatoms. The first-order valence-corrected chi connectivity index (χ1v) is 6.46. The fraction of sp³-hybridized carbons (Fsp3) is 0.357. The third-order valence-electron chi connectivity index (χ3n) is 3.06. The van der Waals surface area contributed by atoms with Gasteiger partial charge >= 0.3 is 0 Å². The number of hydrogen-bond donors (Lipinski definition) is 0. The van der Waals surface area contributed by atoms with Crippen LogP contribution in [0.5, 0.6) is 0 Å². The van der Waals surface area contributed by atoms with Gasteiger partial charge < -0.3 is 14.1 Å². The summed E-state index contributed by atoms with van der Waals surface area (Å²) in [4.78, 5) is 9.69. The maximum Gasteiger partial charge on any atom is 0.270 e. The second-order valence-corrected chi connectivity index (χ2v) is 4.49. The highest BCUT2D eigenvalue weighted by atomic mass is 16.7. The monoisotopic (exact) mass is 273 g/mol. The van der Waals surface area contributed by atoms with Gasteiger partial charge in [-0.25, -0.2) is 0 Å². The van der Waals surface area contributed by atoms with Gasteiger partial charge in [-0.15, -0.1) is 0 Å². The zero-order valence-corrected chi connectivity index (χ0v) is 11.2. The van der Waals surface area contributed by atoms with E-state index in [1.54, 1.807) is 7.11 Å². The number of ether oxygens (including phenoxy) is 1. The molecule has 3 rings (SSSR count). The Kier molecular flexibility index (Phi) is 3.73. The van der Waals surface area contributed by atoms with Crippen LogP contribution in [0.4, 0.5) is 0 Å². The highest BCUT2D eigenvalue weighted by Crippen LogP contribution is 2.28. The van der Waals surface area contributed by atoms with Crippen LogP contribution in [0.3, 0.4) is 0 Å². The van der Waals surface area contributed by atoms with Crippen LogP contribution in [0.25, 0.3) is 0 Å². The van der Waals surface area contributed by atoms with Crippen molar-refractivity contribution < 1.29 is 14.1 Å². The summed E-state index contributed by atoms with van der Waals surface area (Å²) in [6, 6.07) is 9.92. The van der Waals surface area contributed by atoms with E-state index in [9.17, 15) is 0 Å². The van der Waals surface area contributed by atoms with Gasteiger partial charge in [-0.3, -0.25) is 0 Å². The second kappa shape index (κ2) is 5.83.